The van der Waals surface area contributed by atoms with E-state index in [-0.39, 0.29) is 6.03 Å². The number of hydrogen-bond acceptors (Lipinski definition) is 4. The summed E-state index contributed by atoms with van der Waals surface area (Å²) in [7, 11) is 0. The number of ether oxygens (including phenoxy) is 1. The minimum atomic E-state index is -0.117. The molecule has 1 aromatic heterocycles. The van der Waals surface area contributed by atoms with Crippen molar-refractivity contribution in [1.82, 2.24) is 9.88 Å². The fourth-order valence-corrected chi connectivity index (χ4v) is 4.34. The van der Waals surface area contributed by atoms with Gasteiger partial charge in [-0.2, -0.15) is 0 Å². The van der Waals surface area contributed by atoms with Crippen LogP contribution in [-0.2, 0) is 13.2 Å². The molecular formula is C27H29N3O2S. The Kier molecular flexibility index (Phi) is 7.25. The molecule has 4 aromatic rings. The van der Waals surface area contributed by atoms with E-state index in [1.807, 2.05) is 65.7 Å². The summed E-state index contributed by atoms with van der Waals surface area (Å²) in [6, 6.07) is 22.0. The number of carbonyl (C=O) groups excluding carboxylic acids is 1. The smallest absolute Gasteiger partial charge is 0.322 e. The minimum absolute atomic E-state index is 0.117. The molecule has 2 amide bonds. The molecule has 0 aliphatic carbocycles. The summed E-state index contributed by atoms with van der Waals surface area (Å²) < 4.78 is 6.08. The van der Waals surface area contributed by atoms with Crippen LogP contribution in [0.5, 0.6) is 5.75 Å². The van der Waals surface area contributed by atoms with Crippen LogP contribution in [0.1, 0.15) is 30.1 Å². The summed E-state index contributed by atoms with van der Waals surface area (Å²) in [6.45, 7) is 7.75. The van der Waals surface area contributed by atoms with Crippen molar-refractivity contribution in [1.29, 1.82) is 0 Å². The van der Waals surface area contributed by atoms with Crippen LogP contribution in [-0.4, -0.2) is 22.5 Å². The van der Waals surface area contributed by atoms with Crippen LogP contribution in [0.25, 0.3) is 10.8 Å². The van der Waals surface area contributed by atoms with Crippen molar-refractivity contribution in [2.45, 2.75) is 33.9 Å². The first-order valence-electron chi connectivity index (χ1n) is 11.1. The highest BCUT2D eigenvalue weighted by Crippen LogP contribution is 2.26. The lowest BCUT2D eigenvalue weighted by atomic mass is 10.1. The molecule has 0 saturated carbocycles. The minimum Gasteiger partial charge on any atom is -0.486 e. The molecule has 33 heavy (non-hydrogen) atoms. The monoisotopic (exact) mass is 459 g/mol. The number of nitrogens with one attached hydrogen (secondary N) is 1. The molecule has 0 saturated heterocycles. The number of fused-ring (bicyclic) bond motifs is 1. The van der Waals surface area contributed by atoms with Gasteiger partial charge in [-0.25, -0.2) is 9.78 Å². The Labute approximate surface area is 199 Å². The van der Waals surface area contributed by atoms with Gasteiger partial charge in [0.1, 0.15) is 17.4 Å². The molecular weight excluding hydrogens is 430 g/mol. The number of anilines is 1. The van der Waals surface area contributed by atoms with Gasteiger partial charge >= 0.3 is 6.03 Å². The summed E-state index contributed by atoms with van der Waals surface area (Å²) >= 11 is 1.56. The third-order valence-corrected chi connectivity index (χ3v) is 6.10. The molecule has 0 fully saturated rings. The van der Waals surface area contributed by atoms with Gasteiger partial charge in [0, 0.05) is 23.0 Å². The third-order valence-electron chi connectivity index (χ3n) is 5.23. The zero-order valence-corrected chi connectivity index (χ0v) is 20.1. The molecule has 3 aromatic carbocycles. The van der Waals surface area contributed by atoms with Gasteiger partial charge < -0.3 is 15.0 Å². The maximum atomic E-state index is 12.9. The molecule has 4 rings (SSSR count). The Balaban J connectivity index is 1.41. The number of hydrogen-bond donors (Lipinski definition) is 1. The van der Waals surface area contributed by atoms with E-state index in [1.54, 1.807) is 11.3 Å². The van der Waals surface area contributed by atoms with Crippen LogP contribution < -0.4 is 10.1 Å². The van der Waals surface area contributed by atoms with E-state index >= 15 is 0 Å². The number of benzene rings is 3. The Bertz CT molecular complexity index is 1210. The zero-order chi connectivity index (χ0) is 23.2. The van der Waals surface area contributed by atoms with Gasteiger partial charge in [0.05, 0.1) is 12.2 Å². The molecule has 1 heterocycles. The van der Waals surface area contributed by atoms with Gasteiger partial charge in [0.15, 0.2) is 0 Å². The lowest BCUT2D eigenvalue weighted by Crippen LogP contribution is -2.37. The highest BCUT2D eigenvalue weighted by atomic mass is 32.1. The molecule has 0 aliphatic heterocycles. The van der Waals surface area contributed by atoms with E-state index in [1.165, 1.54) is 0 Å². The van der Waals surface area contributed by atoms with Crippen LogP contribution in [0.3, 0.4) is 0 Å². The standard InChI is InChI=1S/C27H29N3O2S/c1-19(2)15-30(27(31)29-22-13-11-20(3)12-14-22)16-23-18-33-26(28-23)17-32-25-10-6-8-21-7-4-5-9-24(21)25/h4-14,18-19H,15-17H2,1-3H3,(H,29,31). The number of nitrogens with zero attached hydrogens (tertiary/aromatic N) is 2. The molecule has 5 nitrogen and oxygen atoms in total. The summed E-state index contributed by atoms with van der Waals surface area (Å²) in [5.41, 5.74) is 2.82. The topological polar surface area (TPSA) is 54.5 Å². The first-order valence-corrected chi connectivity index (χ1v) is 12.0. The molecule has 0 spiro atoms. The van der Waals surface area contributed by atoms with Crippen molar-refractivity contribution in [2.75, 3.05) is 11.9 Å². The Morgan fingerprint density at radius 3 is 2.61 bits per heavy atom. The lowest BCUT2D eigenvalue weighted by molar-refractivity contribution is 0.201. The van der Waals surface area contributed by atoms with E-state index in [0.717, 1.165) is 38.5 Å². The van der Waals surface area contributed by atoms with Crippen LogP contribution in [0.2, 0.25) is 0 Å². The van der Waals surface area contributed by atoms with Gasteiger partial charge in [-0.15, -0.1) is 11.3 Å². The highest BCUT2D eigenvalue weighted by molar-refractivity contribution is 7.09. The number of thiazole rings is 1. The molecule has 0 radical (unpaired) electrons. The highest BCUT2D eigenvalue weighted by Gasteiger charge is 2.17. The Hall–Kier alpha value is -3.38. The molecule has 170 valence electrons. The average molecular weight is 460 g/mol. The van der Waals surface area contributed by atoms with Gasteiger partial charge in [-0.1, -0.05) is 67.9 Å². The van der Waals surface area contributed by atoms with Gasteiger partial charge in [0.2, 0.25) is 0 Å². The van der Waals surface area contributed by atoms with Crippen molar-refractivity contribution in [3.05, 3.63) is 88.4 Å². The fourth-order valence-electron chi connectivity index (χ4n) is 3.64. The summed E-state index contributed by atoms with van der Waals surface area (Å²) in [6.07, 6.45) is 0. The zero-order valence-electron chi connectivity index (χ0n) is 19.2. The predicted molar refractivity (Wildman–Crippen MR) is 136 cm³/mol. The van der Waals surface area contributed by atoms with Crippen LogP contribution in [0, 0.1) is 12.8 Å². The summed E-state index contributed by atoms with van der Waals surface area (Å²) in [5, 5.41) is 8.14. The van der Waals surface area contributed by atoms with Crippen LogP contribution in [0.4, 0.5) is 10.5 Å². The predicted octanol–water partition coefficient (Wildman–Crippen LogP) is 6.87. The number of amides is 2. The van der Waals surface area contributed by atoms with E-state index in [0.29, 0.717) is 25.6 Å². The third kappa shape index (κ3) is 6.11. The maximum Gasteiger partial charge on any atom is 0.322 e. The SMILES string of the molecule is Cc1ccc(NC(=O)N(Cc2csc(COc3cccc4ccccc34)n2)CC(C)C)cc1. The van der Waals surface area contributed by atoms with Crippen LogP contribution in [0.15, 0.2) is 72.1 Å². The second-order valence-electron chi connectivity index (χ2n) is 8.57. The number of aromatic nitrogens is 1. The van der Waals surface area contributed by atoms with Gasteiger partial charge in [-0.3, -0.25) is 0 Å². The summed E-state index contributed by atoms with van der Waals surface area (Å²) in [5.74, 6) is 1.20. The lowest BCUT2D eigenvalue weighted by Gasteiger charge is -2.24. The summed E-state index contributed by atoms with van der Waals surface area (Å²) in [4.78, 5) is 19.5. The number of rotatable bonds is 8. The van der Waals surface area contributed by atoms with Crippen molar-refractivity contribution in [2.24, 2.45) is 5.92 Å². The number of carbonyl (C=O) groups is 1. The van der Waals surface area contributed by atoms with Crippen molar-refractivity contribution in [3.8, 4) is 5.75 Å². The molecule has 0 bridgehead atoms. The largest absolute Gasteiger partial charge is 0.486 e. The first kappa shape index (κ1) is 22.8. The Morgan fingerprint density at radius 2 is 1.82 bits per heavy atom. The molecule has 0 atom stereocenters. The fraction of sp³-hybridized carbons (Fsp3) is 0.259. The second-order valence-corrected chi connectivity index (χ2v) is 9.51. The maximum absolute atomic E-state index is 12.9. The van der Waals surface area contributed by atoms with E-state index in [4.69, 9.17) is 9.72 Å². The van der Waals surface area contributed by atoms with Crippen molar-refractivity contribution < 1.29 is 9.53 Å². The molecule has 6 heteroatoms. The van der Waals surface area contributed by atoms with E-state index in [9.17, 15) is 4.79 Å². The quantitative estimate of drug-likeness (QED) is 0.313. The first-order chi connectivity index (χ1) is 16.0. The second kappa shape index (κ2) is 10.5. The molecule has 0 aliphatic rings. The Morgan fingerprint density at radius 1 is 1.06 bits per heavy atom. The normalized spacial score (nSPS) is 11.0. The van der Waals surface area contributed by atoms with E-state index < -0.39 is 0 Å². The van der Waals surface area contributed by atoms with Crippen molar-refractivity contribution in [3.63, 3.8) is 0 Å². The van der Waals surface area contributed by atoms with Gasteiger partial charge in [-0.05, 0) is 36.4 Å². The van der Waals surface area contributed by atoms with Gasteiger partial charge in [0.25, 0.3) is 0 Å². The van der Waals surface area contributed by atoms with Crippen molar-refractivity contribution >= 4 is 33.8 Å². The van der Waals surface area contributed by atoms with E-state index in [2.05, 4.69) is 37.4 Å². The molecule has 0 unspecified atom stereocenters. The number of aryl methyl sites for hydroxylation is 1. The van der Waals surface area contributed by atoms with Crippen LogP contribution >= 0.6 is 11.3 Å². The average Bonchev–Trinajstić information content (AvgIpc) is 3.25. The number of urea groups is 1. The molecule has 1 N–H and O–H groups in total.